The highest BCUT2D eigenvalue weighted by atomic mass is 32.2. The van der Waals surface area contributed by atoms with Gasteiger partial charge < -0.3 is 5.73 Å². The van der Waals surface area contributed by atoms with Crippen LogP contribution in [0.15, 0.2) is 23.1 Å². The Balaban J connectivity index is 2.36. The van der Waals surface area contributed by atoms with Crippen LogP contribution in [-0.4, -0.2) is 21.0 Å². The van der Waals surface area contributed by atoms with E-state index in [-0.39, 0.29) is 22.9 Å². The van der Waals surface area contributed by atoms with E-state index < -0.39 is 27.8 Å². The zero-order valence-corrected chi connectivity index (χ0v) is 12.3. The normalized spacial score (nSPS) is 17.8. The average molecular weight is 322 g/mol. The van der Waals surface area contributed by atoms with Gasteiger partial charge in [0.25, 0.3) is 0 Å². The first-order valence-electron chi connectivity index (χ1n) is 6.56. The van der Waals surface area contributed by atoms with Crippen molar-refractivity contribution in [3.63, 3.8) is 0 Å². The quantitative estimate of drug-likeness (QED) is 0.871. The molecule has 1 aliphatic rings. The molecule has 2 rings (SSSR count). The van der Waals surface area contributed by atoms with Crippen LogP contribution in [0.4, 0.5) is 13.2 Å². The molecule has 4 nitrogen and oxygen atoms in total. The SMILES string of the molecule is Cc1c(C(F)(F)F)cccc1S(=O)(=O)NC(CN)C1CC1. The highest BCUT2D eigenvalue weighted by Crippen LogP contribution is 2.35. The third kappa shape index (κ3) is 3.56. The summed E-state index contributed by atoms with van der Waals surface area (Å²) in [7, 11) is -4.02. The Labute approximate surface area is 121 Å². The predicted octanol–water partition coefficient (Wildman–Crippen LogP) is 2.03. The third-order valence-electron chi connectivity index (χ3n) is 3.63. The number of hydrogen-bond donors (Lipinski definition) is 2. The summed E-state index contributed by atoms with van der Waals surface area (Å²) in [4.78, 5) is -0.351. The molecule has 118 valence electrons. The van der Waals surface area contributed by atoms with Gasteiger partial charge in [0.1, 0.15) is 0 Å². The van der Waals surface area contributed by atoms with Gasteiger partial charge in [-0.15, -0.1) is 0 Å². The van der Waals surface area contributed by atoms with Crippen molar-refractivity contribution in [1.82, 2.24) is 4.72 Å². The topological polar surface area (TPSA) is 72.2 Å². The van der Waals surface area contributed by atoms with Gasteiger partial charge in [-0.2, -0.15) is 13.2 Å². The van der Waals surface area contributed by atoms with Gasteiger partial charge in [-0.05, 0) is 43.4 Å². The zero-order valence-electron chi connectivity index (χ0n) is 11.4. The molecule has 1 unspecified atom stereocenters. The fourth-order valence-electron chi connectivity index (χ4n) is 2.31. The summed E-state index contributed by atoms with van der Waals surface area (Å²) in [6, 6.07) is 2.71. The summed E-state index contributed by atoms with van der Waals surface area (Å²) >= 11 is 0. The van der Waals surface area contributed by atoms with Gasteiger partial charge in [-0.25, -0.2) is 13.1 Å². The van der Waals surface area contributed by atoms with Crippen LogP contribution in [0.5, 0.6) is 0 Å². The van der Waals surface area contributed by atoms with Gasteiger partial charge in [0.05, 0.1) is 10.5 Å². The van der Waals surface area contributed by atoms with Crippen LogP contribution in [0.3, 0.4) is 0 Å². The first-order valence-corrected chi connectivity index (χ1v) is 8.04. The molecule has 1 atom stereocenters. The highest BCUT2D eigenvalue weighted by Gasteiger charge is 2.37. The second kappa shape index (κ2) is 5.58. The summed E-state index contributed by atoms with van der Waals surface area (Å²) in [5, 5.41) is 0. The lowest BCUT2D eigenvalue weighted by Crippen LogP contribution is -2.41. The van der Waals surface area contributed by atoms with Gasteiger partial charge in [-0.1, -0.05) is 6.07 Å². The number of hydrogen-bond acceptors (Lipinski definition) is 3. The number of benzene rings is 1. The van der Waals surface area contributed by atoms with Crippen LogP contribution in [-0.2, 0) is 16.2 Å². The lowest BCUT2D eigenvalue weighted by atomic mass is 10.1. The molecule has 1 aliphatic carbocycles. The van der Waals surface area contributed by atoms with E-state index in [0.717, 1.165) is 31.9 Å². The van der Waals surface area contributed by atoms with Crippen LogP contribution >= 0.6 is 0 Å². The molecular weight excluding hydrogens is 305 g/mol. The molecule has 0 aliphatic heterocycles. The first-order chi connectivity index (χ1) is 9.66. The fourth-order valence-corrected chi connectivity index (χ4v) is 3.90. The minimum atomic E-state index is -4.58. The van der Waals surface area contributed by atoms with E-state index >= 15 is 0 Å². The predicted molar refractivity (Wildman–Crippen MR) is 72.1 cm³/mol. The van der Waals surface area contributed by atoms with Crippen molar-refractivity contribution < 1.29 is 21.6 Å². The summed E-state index contributed by atoms with van der Waals surface area (Å²) in [6.45, 7) is 1.29. The maximum atomic E-state index is 12.8. The Hall–Kier alpha value is -1.12. The molecule has 1 aromatic rings. The smallest absolute Gasteiger partial charge is 0.329 e. The molecule has 0 aromatic heterocycles. The maximum Gasteiger partial charge on any atom is 0.416 e. The molecule has 0 amide bonds. The molecule has 0 heterocycles. The second-order valence-corrected chi connectivity index (χ2v) is 6.91. The standard InChI is InChI=1S/C13H17F3N2O2S/c1-8-10(13(14,15)16)3-2-4-12(8)21(19,20)18-11(7-17)9-5-6-9/h2-4,9,11,18H,5-7,17H2,1H3. The Morgan fingerprint density at radius 2 is 2.00 bits per heavy atom. The van der Waals surface area contributed by atoms with Crippen LogP contribution in [0, 0.1) is 12.8 Å². The van der Waals surface area contributed by atoms with Gasteiger partial charge >= 0.3 is 6.18 Å². The molecule has 3 N–H and O–H groups in total. The third-order valence-corrected chi connectivity index (χ3v) is 5.26. The first kappa shape index (κ1) is 16.3. The Morgan fingerprint density at radius 3 is 2.48 bits per heavy atom. The Morgan fingerprint density at radius 1 is 1.38 bits per heavy atom. The summed E-state index contributed by atoms with van der Waals surface area (Å²) in [6.07, 6.45) is -2.82. The number of nitrogens with one attached hydrogen (secondary N) is 1. The van der Waals surface area contributed by atoms with Crippen molar-refractivity contribution in [2.45, 2.75) is 36.9 Å². The van der Waals surface area contributed by atoms with Crippen LogP contribution in [0.2, 0.25) is 0 Å². The summed E-state index contributed by atoms with van der Waals surface area (Å²) < 4.78 is 65.6. The van der Waals surface area contributed by atoms with Crippen LogP contribution < -0.4 is 10.5 Å². The van der Waals surface area contributed by atoms with E-state index in [1.54, 1.807) is 0 Å². The molecule has 1 saturated carbocycles. The van der Waals surface area contributed by atoms with E-state index in [4.69, 9.17) is 5.73 Å². The molecule has 0 bridgehead atoms. The molecular formula is C13H17F3N2O2S. The summed E-state index contributed by atoms with van der Waals surface area (Å²) in [5.74, 6) is 0.177. The van der Waals surface area contributed by atoms with Crippen molar-refractivity contribution in [1.29, 1.82) is 0 Å². The van der Waals surface area contributed by atoms with E-state index in [1.165, 1.54) is 6.07 Å². The summed E-state index contributed by atoms with van der Waals surface area (Å²) in [5.41, 5.74) is 4.28. The molecule has 0 radical (unpaired) electrons. The number of alkyl halides is 3. The molecule has 1 aromatic carbocycles. The Kier molecular flexibility index (Phi) is 4.32. The number of sulfonamides is 1. The Bertz CT molecular complexity index is 625. The van der Waals surface area contributed by atoms with Crippen LogP contribution in [0.25, 0.3) is 0 Å². The van der Waals surface area contributed by atoms with Crippen molar-refractivity contribution in [2.75, 3.05) is 6.54 Å². The molecule has 8 heteroatoms. The number of rotatable bonds is 5. The lowest BCUT2D eigenvalue weighted by molar-refractivity contribution is -0.138. The molecule has 0 spiro atoms. The minimum Gasteiger partial charge on any atom is -0.329 e. The van der Waals surface area contributed by atoms with E-state index in [2.05, 4.69) is 4.72 Å². The second-order valence-electron chi connectivity index (χ2n) is 5.23. The average Bonchev–Trinajstić information content (AvgIpc) is 3.18. The molecule has 21 heavy (non-hydrogen) atoms. The maximum absolute atomic E-state index is 12.8. The zero-order chi connectivity index (χ0) is 15.8. The van der Waals surface area contributed by atoms with E-state index in [1.807, 2.05) is 0 Å². The van der Waals surface area contributed by atoms with Crippen molar-refractivity contribution >= 4 is 10.0 Å². The molecule has 0 saturated heterocycles. The van der Waals surface area contributed by atoms with Crippen molar-refractivity contribution in [3.8, 4) is 0 Å². The largest absolute Gasteiger partial charge is 0.416 e. The minimum absolute atomic E-state index is 0.127. The van der Waals surface area contributed by atoms with Crippen molar-refractivity contribution in [2.24, 2.45) is 11.7 Å². The molecule has 1 fully saturated rings. The number of halogens is 3. The van der Waals surface area contributed by atoms with Gasteiger partial charge in [0.2, 0.25) is 10.0 Å². The number of nitrogens with two attached hydrogens (primary N) is 1. The van der Waals surface area contributed by atoms with E-state index in [0.29, 0.717) is 0 Å². The fraction of sp³-hybridized carbons (Fsp3) is 0.538. The monoisotopic (exact) mass is 322 g/mol. The van der Waals surface area contributed by atoms with Gasteiger partial charge in [0, 0.05) is 12.6 Å². The highest BCUT2D eigenvalue weighted by molar-refractivity contribution is 7.89. The van der Waals surface area contributed by atoms with Crippen molar-refractivity contribution in [3.05, 3.63) is 29.3 Å². The lowest BCUT2D eigenvalue weighted by Gasteiger charge is -2.19. The van der Waals surface area contributed by atoms with Gasteiger partial charge in [0.15, 0.2) is 0 Å². The van der Waals surface area contributed by atoms with Gasteiger partial charge in [-0.3, -0.25) is 0 Å². The van der Waals surface area contributed by atoms with E-state index in [9.17, 15) is 21.6 Å². The van der Waals surface area contributed by atoms with Crippen LogP contribution in [0.1, 0.15) is 24.0 Å².